The van der Waals surface area contributed by atoms with Gasteiger partial charge in [-0.2, -0.15) is 0 Å². The van der Waals surface area contributed by atoms with Crippen molar-refractivity contribution in [2.45, 2.75) is 24.7 Å². The van der Waals surface area contributed by atoms with Crippen molar-refractivity contribution in [1.29, 1.82) is 0 Å². The number of anilines is 3. The standard InChI is InChI=1S/C60H41N/c1-59(2)52-24-11-8-20-46(52)49-33-30-43(36-55(49)59)61(42-29-27-38-15-6-7-18-41(38)35-42)44-31-34-50-47-21-9-12-25-53(47)60(56(50)37-44)54-26-13-10-22-48(54)51-23-14-19-40-28-32-45(58(60)57(40)51)39-16-4-3-5-17-39/h3-37H,1-2H3. The van der Waals surface area contributed by atoms with Gasteiger partial charge in [0, 0.05) is 22.5 Å². The summed E-state index contributed by atoms with van der Waals surface area (Å²) < 4.78 is 0. The Morgan fingerprint density at radius 1 is 0.311 bits per heavy atom. The first-order valence-corrected chi connectivity index (χ1v) is 21.5. The van der Waals surface area contributed by atoms with Crippen molar-refractivity contribution in [1.82, 2.24) is 0 Å². The van der Waals surface area contributed by atoms with E-state index in [9.17, 15) is 0 Å². The van der Waals surface area contributed by atoms with E-state index in [2.05, 4.69) is 231 Å². The van der Waals surface area contributed by atoms with E-state index in [1.807, 2.05) is 0 Å². The second kappa shape index (κ2) is 12.5. The molecule has 0 aromatic heterocycles. The Morgan fingerprint density at radius 3 is 1.52 bits per heavy atom. The predicted octanol–water partition coefficient (Wildman–Crippen LogP) is 15.8. The molecule has 286 valence electrons. The lowest BCUT2D eigenvalue weighted by atomic mass is 9.60. The predicted molar refractivity (Wildman–Crippen MR) is 255 cm³/mol. The van der Waals surface area contributed by atoms with Crippen LogP contribution < -0.4 is 4.90 Å². The van der Waals surface area contributed by atoms with Crippen LogP contribution in [0.15, 0.2) is 212 Å². The second-order valence-corrected chi connectivity index (χ2v) is 17.6. The fourth-order valence-electron chi connectivity index (χ4n) is 11.6. The van der Waals surface area contributed by atoms with Crippen LogP contribution in [0.4, 0.5) is 17.1 Å². The van der Waals surface area contributed by atoms with Crippen LogP contribution in [0, 0.1) is 0 Å². The summed E-state index contributed by atoms with van der Waals surface area (Å²) in [5.41, 5.74) is 21.1. The van der Waals surface area contributed by atoms with Gasteiger partial charge in [-0.1, -0.05) is 190 Å². The van der Waals surface area contributed by atoms with Gasteiger partial charge < -0.3 is 4.90 Å². The molecule has 1 spiro atoms. The zero-order chi connectivity index (χ0) is 40.5. The third-order valence-electron chi connectivity index (χ3n) is 14.2. The summed E-state index contributed by atoms with van der Waals surface area (Å²) in [4.78, 5) is 2.50. The maximum atomic E-state index is 2.54. The van der Waals surface area contributed by atoms with Gasteiger partial charge >= 0.3 is 0 Å². The van der Waals surface area contributed by atoms with Gasteiger partial charge in [-0.05, 0) is 136 Å². The van der Waals surface area contributed by atoms with Crippen LogP contribution in [-0.4, -0.2) is 0 Å². The number of benzene rings is 10. The molecule has 13 rings (SSSR count). The van der Waals surface area contributed by atoms with E-state index < -0.39 is 5.41 Å². The van der Waals surface area contributed by atoms with Crippen molar-refractivity contribution < 1.29 is 0 Å². The van der Waals surface area contributed by atoms with Crippen LogP contribution >= 0.6 is 0 Å². The lowest BCUT2D eigenvalue weighted by molar-refractivity contribution is 0.660. The van der Waals surface area contributed by atoms with Gasteiger partial charge in [-0.15, -0.1) is 0 Å². The molecule has 1 heteroatoms. The van der Waals surface area contributed by atoms with Crippen LogP contribution in [0.1, 0.15) is 47.2 Å². The van der Waals surface area contributed by atoms with E-state index >= 15 is 0 Å². The van der Waals surface area contributed by atoms with Crippen LogP contribution in [0.2, 0.25) is 0 Å². The van der Waals surface area contributed by atoms with Gasteiger partial charge in [0.15, 0.2) is 0 Å². The Balaban J connectivity index is 1.13. The first kappa shape index (κ1) is 34.4. The van der Waals surface area contributed by atoms with Gasteiger partial charge in [0.1, 0.15) is 0 Å². The first-order chi connectivity index (χ1) is 30.0. The normalized spacial score (nSPS) is 15.9. The van der Waals surface area contributed by atoms with E-state index in [1.165, 1.54) is 99.4 Å². The molecule has 3 aliphatic carbocycles. The molecule has 1 atom stereocenters. The minimum absolute atomic E-state index is 0.133. The number of hydrogen-bond acceptors (Lipinski definition) is 1. The number of nitrogens with zero attached hydrogens (tertiary/aromatic N) is 1. The summed E-state index contributed by atoms with van der Waals surface area (Å²) in [5.74, 6) is 0. The Labute approximate surface area is 356 Å². The zero-order valence-electron chi connectivity index (χ0n) is 34.2. The van der Waals surface area contributed by atoms with Crippen LogP contribution in [-0.2, 0) is 10.8 Å². The van der Waals surface area contributed by atoms with Crippen molar-refractivity contribution in [3.63, 3.8) is 0 Å². The average molecular weight is 776 g/mol. The Bertz CT molecular complexity index is 3460. The minimum Gasteiger partial charge on any atom is -0.310 e. The highest BCUT2D eigenvalue weighted by molar-refractivity contribution is 6.10. The van der Waals surface area contributed by atoms with Gasteiger partial charge in [0.25, 0.3) is 0 Å². The third-order valence-corrected chi connectivity index (χ3v) is 14.2. The molecule has 0 heterocycles. The van der Waals surface area contributed by atoms with Crippen molar-refractivity contribution in [2.75, 3.05) is 4.90 Å². The molecule has 61 heavy (non-hydrogen) atoms. The van der Waals surface area contributed by atoms with E-state index in [0.717, 1.165) is 17.1 Å². The molecule has 0 amide bonds. The Kier molecular flexibility index (Phi) is 7.06. The van der Waals surface area contributed by atoms with Gasteiger partial charge in [0.05, 0.1) is 5.41 Å². The molecule has 0 aliphatic heterocycles. The molecule has 0 N–H and O–H groups in total. The highest BCUT2D eigenvalue weighted by atomic mass is 15.1. The molecule has 0 bridgehead atoms. The molecule has 0 saturated carbocycles. The summed E-state index contributed by atoms with van der Waals surface area (Å²) >= 11 is 0. The maximum absolute atomic E-state index is 2.54. The highest BCUT2D eigenvalue weighted by Gasteiger charge is 2.51. The molecular formula is C60H41N. The van der Waals surface area contributed by atoms with E-state index in [1.54, 1.807) is 0 Å². The Morgan fingerprint density at radius 2 is 0.787 bits per heavy atom. The fourth-order valence-corrected chi connectivity index (χ4v) is 11.6. The van der Waals surface area contributed by atoms with E-state index in [-0.39, 0.29) is 5.41 Å². The summed E-state index contributed by atoms with van der Waals surface area (Å²) in [6, 6.07) is 80.0. The lowest BCUT2D eigenvalue weighted by Crippen LogP contribution is -2.32. The largest absolute Gasteiger partial charge is 0.310 e. The van der Waals surface area contributed by atoms with Crippen molar-refractivity contribution >= 4 is 38.6 Å². The zero-order valence-corrected chi connectivity index (χ0v) is 34.2. The Hall–Kier alpha value is -7.48. The SMILES string of the molecule is CC1(C)c2ccccc2-c2ccc(N(c3ccc4c(c3)C3(c5ccccc5-4)c4ccccc4-c4cccc5ccc(-c6ccccc6)c3c45)c3ccc4ccccc4c3)cc21. The van der Waals surface area contributed by atoms with Crippen molar-refractivity contribution in [3.05, 3.63) is 246 Å². The van der Waals surface area contributed by atoms with E-state index in [0.29, 0.717) is 0 Å². The lowest BCUT2D eigenvalue weighted by Gasteiger charge is -2.41. The van der Waals surface area contributed by atoms with E-state index in [4.69, 9.17) is 0 Å². The smallest absolute Gasteiger partial charge is 0.0732 e. The molecule has 0 radical (unpaired) electrons. The van der Waals surface area contributed by atoms with Crippen LogP contribution in [0.5, 0.6) is 0 Å². The third kappa shape index (κ3) is 4.61. The molecular weight excluding hydrogens is 735 g/mol. The highest BCUT2D eigenvalue weighted by Crippen LogP contribution is 2.64. The fraction of sp³-hybridized carbons (Fsp3) is 0.0667. The second-order valence-electron chi connectivity index (χ2n) is 17.6. The number of hydrogen-bond donors (Lipinski definition) is 0. The maximum Gasteiger partial charge on any atom is 0.0732 e. The van der Waals surface area contributed by atoms with Crippen LogP contribution in [0.3, 0.4) is 0 Å². The molecule has 10 aromatic rings. The molecule has 10 aromatic carbocycles. The number of fused-ring (bicyclic) bond motifs is 13. The van der Waals surface area contributed by atoms with Gasteiger partial charge in [-0.25, -0.2) is 0 Å². The average Bonchev–Trinajstić information content (AvgIpc) is 3.73. The monoisotopic (exact) mass is 775 g/mol. The number of rotatable bonds is 4. The summed E-state index contributed by atoms with van der Waals surface area (Å²) in [5, 5.41) is 5.06. The van der Waals surface area contributed by atoms with Gasteiger partial charge in [0.2, 0.25) is 0 Å². The molecule has 3 aliphatic rings. The molecule has 1 unspecified atom stereocenters. The first-order valence-electron chi connectivity index (χ1n) is 21.5. The van der Waals surface area contributed by atoms with Crippen molar-refractivity contribution in [2.24, 2.45) is 0 Å². The molecule has 0 fully saturated rings. The van der Waals surface area contributed by atoms with Crippen molar-refractivity contribution in [3.8, 4) is 44.5 Å². The topological polar surface area (TPSA) is 3.24 Å². The summed E-state index contributed by atoms with van der Waals surface area (Å²) in [7, 11) is 0. The van der Waals surface area contributed by atoms with Gasteiger partial charge in [-0.3, -0.25) is 0 Å². The van der Waals surface area contributed by atoms with Crippen LogP contribution in [0.25, 0.3) is 66.1 Å². The summed E-state index contributed by atoms with van der Waals surface area (Å²) in [6.07, 6.45) is 0. The molecule has 0 saturated heterocycles. The minimum atomic E-state index is -0.589. The summed E-state index contributed by atoms with van der Waals surface area (Å²) in [6.45, 7) is 4.75. The quantitative estimate of drug-likeness (QED) is 0.172. The molecule has 1 nitrogen and oxygen atoms in total.